The van der Waals surface area contributed by atoms with Crippen LogP contribution in [0.2, 0.25) is 0 Å². The lowest BCUT2D eigenvalue weighted by molar-refractivity contribution is 0.0909. The van der Waals surface area contributed by atoms with Gasteiger partial charge in [0.05, 0.1) is 0 Å². The topological polar surface area (TPSA) is 30.0 Å². The Morgan fingerprint density at radius 1 is 1.05 bits per heavy atom. The average Bonchev–Trinajstić information content (AvgIpc) is 2.75. The summed E-state index contributed by atoms with van der Waals surface area (Å²) >= 11 is 0. The van der Waals surface area contributed by atoms with Crippen molar-refractivity contribution >= 4 is 16.6 Å². The van der Waals surface area contributed by atoms with Gasteiger partial charge in [-0.25, -0.2) is 0 Å². The standard InChI is InChI=1S/C17H19NO/c19-17(13-6-3-1-2-4-7-13)16-9-5-8-14-12-18-11-10-15(14)16/h5,8-13H,1-4,6-7H2. The van der Waals surface area contributed by atoms with Gasteiger partial charge in [-0.3, -0.25) is 9.78 Å². The molecule has 98 valence electrons. The van der Waals surface area contributed by atoms with Crippen LogP contribution in [0.4, 0.5) is 0 Å². The molecular formula is C17H19NO. The van der Waals surface area contributed by atoms with Gasteiger partial charge in [0.25, 0.3) is 0 Å². The van der Waals surface area contributed by atoms with E-state index in [-0.39, 0.29) is 5.92 Å². The average molecular weight is 253 g/mol. The summed E-state index contributed by atoms with van der Waals surface area (Å²) in [7, 11) is 0. The highest BCUT2D eigenvalue weighted by Crippen LogP contribution is 2.28. The van der Waals surface area contributed by atoms with Crippen molar-refractivity contribution in [2.24, 2.45) is 5.92 Å². The van der Waals surface area contributed by atoms with Crippen LogP contribution in [0.3, 0.4) is 0 Å². The highest BCUT2D eigenvalue weighted by atomic mass is 16.1. The van der Waals surface area contributed by atoms with E-state index in [1.807, 2.05) is 30.5 Å². The number of hydrogen-bond donors (Lipinski definition) is 0. The molecule has 2 nitrogen and oxygen atoms in total. The van der Waals surface area contributed by atoms with E-state index < -0.39 is 0 Å². The molecule has 0 bridgehead atoms. The summed E-state index contributed by atoms with van der Waals surface area (Å²) in [5.41, 5.74) is 0.881. The van der Waals surface area contributed by atoms with Crippen molar-refractivity contribution in [3.63, 3.8) is 0 Å². The highest BCUT2D eigenvalue weighted by molar-refractivity contribution is 6.08. The van der Waals surface area contributed by atoms with Crippen molar-refractivity contribution in [1.82, 2.24) is 4.98 Å². The van der Waals surface area contributed by atoms with Gasteiger partial charge in [-0.1, -0.05) is 43.9 Å². The molecule has 1 aromatic carbocycles. The minimum Gasteiger partial charge on any atom is -0.294 e. The molecule has 0 saturated heterocycles. The lowest BCUT2D eigenvalue weighted by Gasteiger charge is -2.14. The molecule has 0 spiro atoms. The monoisotopic (exact) mass is 253 g/mol. The molecule has 19 heavy (non-hydrogen) atoms. The minimum atomic E-state index is 0.223. The number of pyridine rings is 1. The summed E-state index contributed by atoms with van der Waals surface area (Å²) in [5.74, 6) is 0.556. The van der Waals surface area contributed by atoms with Gasteiger partial charge in [0.2, 0.25) is 0 Å². The Morgan fingerprint density at radius 2 is 1.84 bits per heavy atom. The van der Waals surface area contributed by atoms with Crippen LogP contribution in [0.25, 0.3) is 10.8 Å². The summed E-state index contributed by atoms with van der Waals surface area (Å²) in [6.07, 6.45) is 10.7. The van der Waals surface area contributed by atoms with Crippen LogP contribution in [-0.2, 0) is 0 Å². The van der Waals surface area contributed by atoms with Crippen molar-refractivity contribution < 1.29 is 4.79 Å². The first-order valence-corrected chi connectivity index (χ1v) is 7.23. The summed E-state index contributed by atoms with van der Waals surface area (Å²) in [6.45, 7) is 0. The number of fused-ring (bicyclic) bond motifs is 1. The van der Waals surface area contributed by atoms with E-state index in [1.165, 1.54) is 25.7 Å². The Labute approximate surface area is 113 Å². The first-order valence-electron chi connectivity index (χ1n) is 7.23. The van der Waals surface area contributed by atoms with Gasteiger partial charge < -0.3 is 0 Å². The molecule has 1 aliphatic rings. The lowest BCUT2D eigenvalue weighted by atomic mass is 9.89. The number of hydrogen-bond acceptors (Lipinski definition) is 2. The molecule has 3 rings (SSSR count). The van der Waals surface area contributed by atoms with E-state index in [2.05, 4.69) is 4.98 Å². The van der Waals surface area contributed by atoms with E-state index in [4.69, 9.17) is 0 Å². The molecule has 1 aromatic heterocycles. The van der Waals surface area contributed by atoms with Crippen LogP contribution in [0.15, 0.2) is 36.7 Å². The molecule has 0 radical (unpaired) electrons. The molecule has 1 fully saturated rings. The molecule has 1 saturated carbocycles. The van der Waals surface area contributed by atoms with E-state index in [1.54, 1.807) is 6.20 Å². The van der Waals surface area contributed by atoms with Crippen molar-refractivity contribution in [3.8, 4) is 0 Å². The zero-order valence-electron chi connectivity index (χ0n) is 11.1. The van der Waals surface area contributed by atoms with E-state index >= 15 is 0 Å². The van der Waals surface area contributed by atoms with Crippen LogP contribution in [0.5, 0.6) is 0 Å². The van der Waals surface area contributed by atoms with Crippen LogP contribution in [0, 0.1) is 5.92 Å². The SMILES string of the molecule is O=C(c1cccc2cnccc12)C1CCCCCC1. The van der Waals surface area contributed by atoms with Crippen molar-refractivity contribution in [3.05, 3.63) is 42.2 Å². The van der Waals surface area contributed by atoms with Crippen LogP contribution >= 0.6 is 0 Å². The van der Waals surface area contributed by atoms with E-state index in [0.29, 0.717) is 5.78 Å². The second-order valence-corrected chi connectivity index (χ2v) is 5.46. The van der Waals surface area contributed by atoms with Gasteiger partial charge in [-0.15, -0.1) is 0 Å². The maximum atomic E-state index is 12.7. The Hall–Kier alpha value is -1.70. The summed E-state index contributed by atoms with van der Waals surface area (Å²) in [6, 6.07) is 7.91. The van der Waals surface area contributed by atoms with Crippen molar-refractivity contribution in [2.75, 3.05) is 0 Å². The van der Waals surface area contributed by atoms with Gasteiger partial charge in [0, 0.05) is 29.3 Å². The smallest absolute Gasteiger partial charge is 0.166 e. The molecule has 0 amide bonds. The molecule has 0 aliphatic heterocycles. The number of carbonyl (C=O) groups excluding carboxylic acids is 1. The number of aromatic nitrogens is 1. The lowest BCUT2D eigenvalue weighted by Crippen LogP contribution is -2.14. The number of ketones is 1. The van der Waals surface area contributed by atoms with Crippen LogP contribution < -0.4 is 0 Å². The molecule has 1 heterocycles. The first-order chi connectivity index (χ1) is 9.36. The maximum absolute atomic E-state index is 12.7. The number of benzene rings is 1. The third kappa shape index (κ3) is 2.53. The second-order valence-electron chi connectivity index (χ2n) is 5.46. The predicted octanol–water partition coefficient (Wildman–Crippen LogP) is 4.39. The molecule has 2 aromatic rings. The number of nitrogens with zero attached hydrogens (tertiary/aromatic N) is 1. The van der Waals surface area contributed by atoms with Gasteiger partial charge >= 0.3 is 0 Å². The third-order valence-electron chi connectivity index (χ3n) is 4.17. The Bertz CT molecular complexity index is 577. The molecule has 0 atom stereocenters. The largest absolute Gasteiger partial charge is 0.294 e. The Morgan fingerprint density at radius 3 is 2.63 bits per heavy atom. The fraction of sp³-hybridized carbons (Fsp3) is 0.412. The number of Topliss-reactive ketones (excluding diaryl/α,β-unsaturated/α-hetero) is 1. The first kappa shape index (κ1) is 12.3. The van der Waals surface area contributed by atoms with Crippen molar-refractivity contribution in [2.45, 2.75) is 38.5 Å². The normalized spacial score (nSPS) is 17.3. The maximum Gasteiger partial charge on any atom is 0.166 e. The van der Waals surface area contributed by atoms with E-state index in [9.17, 15) is 4.79 Å². The third-order valence-corrected chi connectivity index (χ3v) is 4.17. The Balaban J connectivity index is 1.96. The molecular weight excluding hydrogens is 234 g/mol. The molecule has 0 N–H and O–H groups in total. The number of carbonyl (C=O) groups is 1. The highest BCUT2D eigenvalue weighted by Gasteiger charge is 2.22. The quantitative estimate of drug-likeness (QED) is 0.587. The molecule has 0 unspecified atom stereocenters. The van der Waals surface area contributed by atoms with Gasteiger partial charge in [0.15, 0.2) is 5.78 Å². The van der Waals surface area contributed by atoms with Gasteiger partial charge in [0.1, 0.15) is 0 Å². The zero-order chi connectivity index (χ0) is 13.1. The second kappa shape index (κ2) is 5.52. The molecule has 1 aliphatic carbocycles. The fourth-order valence-electron chi connectivity index (χ4n) is 3.10. The summed E-state index contributed by atoms with van der Waals surface area (Å²) < 4.78 is 0. The summed E-state index contributed by atoms with van der Waals surface area (Å²) in [5, 5.41) is 2.11. The Kier molecular flexibility index (Phi) is 3.58. The number of rotatable bonds is 2. The fourth-order valence-corrected chi connectivity index (χ4v) is 3.10. The minimum absolute atomic E-state index is 0.223. The predicted molar refractivity (Wildman–Crippen MR) is 77.3 cm³/mol. The van der Waals surface area contributed by atoms with E-state index in [0.717, 1.165) is 29.2 Å². The summed E-state index contributed by atoms with van der Waals surface area (Å²) in [4.78, 5) is 16.9. The van der Waals surface area contributed by atoms with Crippen LogP contribution in [0.1, 0.15) is 48.9 Å². The van der Waals surface area contributed by atoms with Crippen molar-refractivity contribution in [1.29, 1.82) is 0 Å². The van der Waals surface area contributed by atoms with Crippen LogP contribution in [-0.4, -0.2) is 10.8 Å². The van der Waals surface area contributed by atoms with Gasteiger partial charge in [-0.05, 0) is 24.3 Å². The zero-order valence-corrected chi connectivity index (χ0v) is 11.1. The molecule has 2 heteroatoms. The van der Waals surface area contributed by atoms with Gasteiger partial charge in [-0.2, -0.15) is 0 Å².